The predicted octanol–water partition coefficient (Wildman–Crippen LogP) is 2.70. The van der Waals surface area contributed by atoms with Crippen LogP contribution in [0.5, 0.6) is 0 Å². The number of hydrogen-bond donors (Lipinski definition) is 2. The maximum absolute atomic E-state index is 12.3. The number of nitrogens with two attached hydrogens (primary N) is 1. The van der Waals surface area contributed by atoms with E-state index in [0.717, 1.165) is 11.1 Å². The number of hydrogen-bond acceptors (Lipinski definition) is 7. The lowest BCUT2D eigenvalue weighted by Crippen LogP contribution is -2.17. The van der Waals surface area contributed by atoms with Gasteiger partial charge < -0.3 is 15.6 Å². The topological polar surface area (TPSA) is 124 Å². The van der Waals surface area contributed by atoms with Gasteiger partial charge in [-0.25, -0.2) is 14.6 Å². The zero-order valence-electron chi connectivity index (χ0n) is 15.3. The summed E-state index contributed by atoms with van der Waals surface area (Å²) in [6.07, 6.45) is -0.825. The summed E-state index contributed by atoms with van der Waals surface area (Å²) in [7, 11) is -1.02. The molecular weight excluding hydrogens is 394 g/mol. The van der Waals surface area contributed by atoms with Crippen molar-refractivity contribution in [3.63, 3.8) is 0 Å². The molecule has 3 N–H and O–H groups in total. The molecule has 0 amide bonds. The Morgan fingerprint density at radius 3 is 2.21 bits per heavy atom. The first-order valence-electron chi connectivity index (χ1n) is 8.65. The van der Waals surface area contributed by atoms with Gasteiger partial charge in [-0.2, -0.15) is 0 Å². The highest BCUT2D eigenvalue weighted by molar-refractivity contribution is 8.05. The number of amidine groups is 1. The van der Waals surface area contributed by atoms with Crippen molar-refractivity contribution in [3.05, 3.63) is 82.9 Å². The molecule has 3 rings (SSSR count). The van der Waals surface area contributed by atoms with E-state index in [-0.39, 0.29) is 11.6 Å². The monoisotopic (exact) mass is 413 g/mol. The van der Waals surface area contributed by atoms with E-state index in [2.05, 4.69) is 9.52 Å². The molecule has 0 saturated heterocycles. The third-order valence-corrected chi connectivity index (χ3v) is 5.10. The number of rotatable bonds is 8. The number of benzene rings is 2. The second-order valence-electron chi connectivity index (χ2n) is 5.98. The minimum atomic E-state index is -1.02. The van der Waals surface area contributed by atoms with E-state index < -0.39 is 35.3 Å². The van der Waals surface area contributed by atoms with Crippen molar-refractivity contribution in [2.24, 2.45) is 15.3 Å². The minimum Gasteiger partial charge on any atom is -0.481 e. The summed E-state index contributed by atoms with van der Waals surface area (Å²) >= 11 is 0. The van der Waals surface area contributed by atoms with Gasteiger partial charge in [0.15, 0.2) is 17.9 Å². The molecule has 1 unspecified atom stereocenters. The van der Waals surface area contributed by atoms with Crippen LogP contribution in [0.3, 0.4) is 0 Å². The molecule has 0 spiro atoms. The fourth-order valence-electron chi connectivity index (χ4n) is 2.59. The smallest absolute Gasteiger partial charge is 0.335 e. The molecule has 150 valence electrons. The Bertz CT molecular complexity index is 935. The van der Waals surface area contributed by atoms with Gasteiger partial charge in [0.2, 0.25) is 0 Å². The van der Waals surface area contributed by atoms with Crippen molar-refractivity contribution in [3.8, 4) is 0 Å². The van der Waals surface area contributed by atoms with Crippen LogP contribution in [-0.4, -0.2) is 28.8 Å². The maximum Gasteiger partial charge on any atom is 0.335 e. The third kappa shape index (κ3) is 5.84. The lowest BCUT2D eigenvalue weighted by atomic mass is 10.0. The predicted molar refractivity (Wildman–Crippen MR) is 109 cm³/mol. The molecule has 0 saturated carbocycles. The van der Waals surface area contributed by atoms with Crippen LogP contribution in [0.15, 0.2) is 81.3 Å². The van der Waals surface area contributed by atoms with Gasteiger partial charge in [0.25, 0.3) is 0 Å². The Labute approximate surface area is 169 Å². The summed E-state index contributed by atoms with van der Waals surface area (Å²) in [6.45, 7) is -0.408. The molecule has 2 aromatic rings. The number of ether oxygens (including phenoxy) is 1. The van der Waals surface area contributed by atoms with Crippen LogP contribution >= 0.6 is 0 Å². The number of nitrogens with zero attached hydrogens (tertiary/aromatic N) is 2. The first-order valence-corrected chi connectivity index (χ1v) is 9.89. The number of carboxylic acids is 1. The van der Waals surface area contributed by atoms with Crippen molar-refractivity contribution >= 4 is 27.8 Å². The first kappa shape index (κ1) is 20.4. The van der Waals surface area contributed by atoms with E-state index in [9.17, 15) is 9.59 Å². The molecule has 1 aliphatic heterocycles. The molecule has 29 heavy (non-hydrogen) atoms. The second kappa shape index (κ2) is 9.76. The molecule has 0 radical (unpaired) electrons. The van der Waals surface area contributed by atoms with Crippen molar-refractivity contribution in [1.29, 1.82) is 0 Å². The lowest BCUT2D eigenvalue weighted by Gasteiger charge is -2.18. The van der Waals surface area contributed by atoms with Gasteiger partial charge >= 0.3 is 11.9 Å². The Morgan fingerprint density at radius 2 is 1.66 bits per heavy atom. The van der Waals surface area contributed by atoms with Gasteiger partial charge in [-0.05, 0) is 11.1 Å². The Balaban J connectivity index is 1.64. The van der Waals surface area contributed by atoms with Gasteiger partial charge in [-0.1, -0.05) is 65.2 Å². The fraction of sp³-hybridized carbons (Fsp3) is 0.150. The van der Waals surface area contributed by atoms with E-state index in [4.69, 9.17) is 20.4 Å². The highest BCUT2D eigenvalue weighted by Crippen LogP contribution is 2.26. The van der Waals surface area contributed by atoms with Gasteiger partial charge in [0.05, 0.1) is 12.1 Å². The van der Waals surface area contributed by atoms with Crippen LogP contribution in [0.2, 0.25) is 0 Å². The molecule has 1 aliphatic rings. The number of esters is 1. The molecular formula is C20H19N3O5S. The van der Waals surface area contributed by atoms with Crippen LogP contribution in [0.25, 0.3) is 0 Å². The number of carbonyl (C=O) groups is 2. The third-order valence-electron chi connectivity index (χ3n) is 3.82. The molecule has 9 heteroatoms. The zero-order valence-corrected chi connectivity index (χ0v) is 16.1. The van der Waals surface area contributed by atoms with Crippen LogP contribution in [0.1, 0.15) is 23.7 Å². The van der Waals surface area contributed by atoms with Crippen molar-refractivity contribution < 1.29 is 24.3 Å². The Morgan fingerprint density at radius 1 is 1.07 bits per heavy atom. The van der Waals surface area contributed by atoms with Crippen molar-refractivity contribution in [1.82, 2.24) is 0 Å². The number of carbonyl (C=O) groups excluding carboxylic acids is 1. The van der Waals surface area contributed by atoms with Gasteiger partial charge in [-0.15, -0.1) is 0 Å². The average Bonchev–Trinajstić information content (AvgIpc) is 3.05. The molecule has 1 atom stereocenters. The van der Waals surface area contributed by atoms with E-state index in [0.29, 0.717) is 5.70 Å². The highest BCUT2D eigenvalue weighted by atomic mass is 32.2. The molecule has 2 aromatic carbocycles. The quantitative estimate of drug-likeness (QED) is 0.507. The lowest BCUT2D eigenvalue weighted by molar-refractivity contribution is -0.152. The van der Waals surface area contributed by atoms with E-state index in [1.165, 1.54) is 5.41 Å². The minimum absolute atomic E-state index is 0.140. The molecule has 0 fully saturated rings. The second-order valence-corrected chi connectivity index (χ2v) is 7.42. The number of carboxylic acid groups (broad SMARTS) is 1. The van der Waals surface area contributed by atoms with Crippen molar-refractivity contribution in [2.75, 3.05) is 6.61 Å². The number of aliphatic imine (C=N–C) groups is 1. The van der Waals surface area contributed by atoms with Gasteiger partial charge in [0.1, 0.15) is 0 Å². The standard InChI is InChI=1S/C20H19N3O5S/c21-20-22-16(11-17(24)25)13-29(20)23-27-12-18(26)28-19(14-7-3-1-4-8-14)15-9-5-2-6-10-15/h1-10,13,19H,11-12H2,(H2,21,22)(H,24,25). The highest BCUT2D eigenvalue weighted by Gasteiger charge is 2.19. The normalized spacial score (nSPS) is 15.8. The molecule has 0 aromatic heterocycles. The first-order chi connectivity index (χ1) is 14.0. The van der Waals surface area contributed by atoms with E-state index in [1.54, 1.807) is 0 Å². The van der Waals surface area contributed by atoms with Crippen LogP contribution < -0.4 is 5.73 Å². The van der Waals surface area contributed by atoms with Crippen LogP contribution in [0, 0.1) is 0 Å². The van der Waals surface area contributed by atoms with Crippen LogP contribution in [-0.2, 0) is 29.9 Å². The largest absolute Gasteiger partial charge is 0.481 e. The molecule has 0 aliphatic carbocycles. The molecule has 8 nitrogen and oxygen atoms in total. The molecule has 1 heterocycles. The summed E-state index contributed by atoms with van der Waals surface area (Å²) < 4.78 is 9.47. The zero-order chi connectivity index (χ0) is 20.6. The van der Waals surface area contributed by atoms with E-state index >= 15 is 0 Å². The summed E-state index contributed by atoms with van der Waals surface area (Å²) in [4.78, 5) is 32.1. The molecule has 0 bridgehead atoms. The van der Waals surface area contributed by atoms with E-state index in [1.807, 2.05) is 60.7 Å². The van der Waals surface area contributed by atoms with Crippen LogP contribution in [0.4, 0.5) is 0 Å². The summed E-state index contributed by atoms with van der Waals surface area (Å²) in [5.74, 6) is -1.62. The van der Waals surface area contributed by atoms with Crippen molar-refractivity contribution in [2.45, 2.75) is 12.5 Å². The van der Waals surface area contributed by atoms with Gasteiger partial charge in [0, 0.05) is 16.1 Å². The SMILES string of the molecule is NC1=NC(CC(=O)O)=C/S1=N/OCC(=O)OC(c1ccccc1)c1ccccc1. The van der Waals surface area contributed by atoms with Gasteiger partial charge in [-0.3, -0.25) is 4.79 Å². The summed E-state index contributed by atoms with van der Waals surface area (Å²) in [5.41, 5.74) is 7.69. The fourth-order valence-corrected chi connectivity index (χ4v) is 3.60. The average molecular weight is 413 g/mol. The number of aliphatic carboxylic acids is 1. The Hall–Kier alpha value is -3.30. The summed E-state index contributed by atoms with van der Waals surface area (Å²) in [5, 5.41) is 10.4. The maximum atomic E-state index is 12.3. The summed E-state index contributed by atoms with van der Waals surface area (Å²) in [6, 6.07) is 18.8. The Kier molecular flexibility index (Phi) is 6.88.